The van der Waals surface area contributed by atoms with E-state index >= 15 is 0 Å². The smallest absolute Gasteiger partial charge is 0.317 e. The van der Waals surface area contributed by atoms with E-state index in [9.17, 15) is 9.59 Å². The first kappa shape index (κ1) is 15.4. The van der Waals surface area contributed by atoms with E-state index in [-0.39, 0.29) is 18.0 Å². The predicted molar refractivity (Wildman–Crippen MR) is 79.7 cm³/mol. The molecule has 0 aromatic rings. The molecule has 1 aliphatic heterocycles. The highest BCUT2D eigenvalue weighted by molar-refractivity contribution is 9.11. The highest BCUT2D eigenvalue weighted by Crippen LogP contribution is 2.25. The minimum atomic E-state index is -0.713. The normalized spacial score (nSPS) is 27.4. The molecule has 20 heavy (non-hydrogen) atoms. The second kappa shape index (κ2) is 6.61. The van der Waals surface area contributed by atoms with Gasteiger partial charge in [0.05, 0.1) is 12.5 Å². The van der Waals surface area contributed by atoms with E-state index in [2.05, 4.69) is 28.2 Å². The number of rotatable bonds is 2. The lowest BCUT2D eigenvalue weighted by atomic mass is 9.86. The van der Waals surface area contributed by atoms with E-state index < -0.39 is 5.97 Å². The molecule has 2 aliphatic rings. The van der Waals surface area contributed by atoms with Gasteiger partial charge in [-0.05, 0) is 39.0 Å². The Morgan fingerprint density at radius 3 is 2.50 bits per heavy atom. The van der Waals surface area contributed by atoms with Crippen molar-refractivity contribution in [1.82, 2.24) is 10.2 Å². The number of aliphatic carboxylic acids is 1. The van der Waals surface area contributed by atoms with Crippen molar-refractivity contribution in [2.24, 2.45) is 5.92 Å². The summed E-state index contributed by atoms with van der Waals surface area (Å²) in [5.74, 6) is -0.951. The van der Waals surface area contributed by atoms with Crippen LogP contribution in [0.15, 0.2) is 10.1 Å². The van der Waals surface area contributed by atoms with Crippen LogP contribution in [0.2, 0.25) is 0 Å². The molecule has 1 saturated carbocycles. The summed E-state index contributed by atoms with van der Waals surface area (Å²) < 4.78 is 1.09. The molecule has 5 nitrogen and oxygen atoms in total. The van der Waals surface area contributed by atoms with Gasteiger partial charge in [-0.1, -0.05) is 21.5 Å². The van der Waals surface area contributed by atoms with E-state index in [1.807, 2.05) is 0 Å². The van der Waals surface area contributed by atoms with Gasteiger partial charge >= 0.3 is 12.0 Å². The van der Waals surface area contributed by atoms with Gasteiger partial charge in [-0.25, -0.2) is 4.79 Å². The number of carbonyl (C=O) groups excluding carboxylic acids is 1. The SMILES string of the molecule is CC1=C(Br)CN(C(=O)NC2CCC(C(=O)O)CC2)CC1. The molecule has 0 aromatic carbocycles. The number of hydrogen-bond acceptors (Lipinski definition) is 2. The summed E-state index contributed by atoms with van der Waals surface area (Å²) in [6.07, 6.45) is 3.73. The van der Waals surface area contributed by atoms with Crippen molar-refractivity contribution in [3.05, 3.63) is 10.1 Å². The number of carbonyl (C=O) groups is 2. The highest BCUT2D eigenvalue weighted by Gasteiger charge is 2.28. The van der Waals surface area contributed by atoms with Crippen molar-refractivity contribution >= 4 is 27.9 Å². The molecule has 0 aromatic heterocycles. The number of hydrogen-bond donors (Lipinski definition) is 2. The first-order valence-corrected chi connectivity index (χ1v) is 7.89. The molecule has 1 aliphatic carbocycles. The van der Waals surface area contributed by atoms with Crippen molar-refractivity contribution in [3.8, 4) is 0 Å². The summed E-state index contributed by atoms with van der Waals surface area (Å²) in [6, 6.07) is 0.0807. The molecular weight excluding hydrogens is 324 g/mol. The van der Waals surface area contributed by atoms with Crippen LogP contribution in [0.25, 0.3) is 0 Å². The van der Waals surface area contributed by atoms with Crippen molar-refractivity contribution < 1.29 is 14.7 Å². The van der Waals surface area contributed by atoms with Crippen LogP contribution in [0.3, 0.4) is 0 Å². The minimum absolute atomic E-state index is 0.0341. The highest BCUT2D eigenvalue weighted by atomic mass is 79.9. The summed E-state index contributed by atoms with van der Waals surface area (Å²) in [7, 11) is 0. The average molecular weight is 345 g/mol. The number of nitrogens with one attached hydrogen (secondary N) is 1. The molecule has 0 unspecified atom stereocenters. The van der Waals surface area contributed by atoms with Crippen LogP contribution < -0.4 is 5.32 Å². The Labute approximate surface area is 127 Å². The number of halogens is 1. The Bertz CT molecular complexity index is 428. The van der Waals surface area contributed by atoms with Crippen molar-refractivity contribution in [1.29, 1.82) is 0 Å². The zero-order chi connectivity index (χ0) is 14.7. The number of carboxylic acid groups (broad SMARTS) is 1. The van der Waals surface area contributed by atoms with Crippen LogP contribution in [0.4, 0.5) is 4.79 Å². The third-order valence-electron chi connectivity index (χ3n) is 4.24. The number of carboxylic acids is 1. The molecular formula is C14H21BrN2O3. The maximum atomic E-state index is 12.2. The molecule has 0 atom stereocenters. The molecule has 112 valence electrons. The van der Waals surface area contributed by atoms with E-state index in [1.165, 1.54) is 5.57 Å². The van der Waals surface area contributed by atoms with Crippen LogP contribution >= 0.6 is 15.9 Å². The fourth-order valence-corrected chi connectivity index (χ4v) is 3.24. The van der Waals surface area contributed by atoms with Gasteiger partial charge in [0.2, 0.25) is 0 Å². The molecule has 0 bridgehead atoms. The Morgan fingerprint density at radius 1 is 1.30 bits per heavy atom. The first-order chi connectivity index (χ1) is 9.47. The third kappa shape index (κ3) is 3.75. The molecule has 1 heterocycles. The number of amides is 2. The quantitative estimate of drug-likeness (QED) is 0.809. The van der Waals surface area contributed by atoms with Gasteiger partial charge in [0.15, 0.2) is 0 Å². The van der Waals surface area contributed by atoms with E-state index in [4.69, 9.17) is 5.11 Å². The summed E-state index contributed by atoms with van der Waals surface area (Å²) >= 11 is 3.50. The van der Waals surface area contributed by atoms with Crippen LogP contribution in [-0.4, -0.2) is 41.1 Å². The molecule has 2 rings (SSSR count). The van der Waals surface area contributed by atoms with Gasteiger partial charge in [-0.3, -0.25) is 4.79 Å². The Kier molecular flexibility index (Phi) is 5.07. The predicted octanol–water partition coefficient (Wildman–Crippen LogP) is 2.71. The molecule has 0 spiro atoms. The van der Waals surface area contributed by atoms with E-state index in [1.54, 1.807) is 4.90 Å². The average Bonchev–Trinajstić information content (AvgIpc) is 2.42. The Balaban J connectivity index is 1.80. The van der Waals surface area contributed by atoms with Crippen LogP contribution in [0.5, 0.6) is 0 Å². The summed E-state index contributed by atoms with van der Waals surface area (Å²) in [6.45, 7) is 3.45. The van der Waals surface area contributed by atoms with Gasteiger partial charge in [0.25, 0.3) is 0 Å². The second-order valence-corrected chi connectivity index (χ2v) is 6.65. The van der Waals surface area contributed by atoms with Gasteiger partial charge in [-0.15, -0.1) is 0 Å². The molecule has 6 heteroatoms. The standard InChI is InChI=1S/C14H21BrN2O3/c1-9-6-7-17(8-12(9)15)14(20)16-11-4-2-10(3-5-11)13(18)19/h10-11H,2-8H2,1H3,(H,16,20)(H,18,19). The van der Waals surface area contributed by atoms with Gasteiger partial charge in [0, 0.05) is 17.1 Å². The van der Waals surface area contributed by atoms with Crippen LogP contribution in [-0.2, 0) is 4.79 Å². The van der Waals surface area contributed by atoms with Gasteiger partial charge < -0.3 is 15.3 Å². The fourth-order valence-electron chi connectivity index (χ4n) is 2.74. The maximum absolute atomic E-state index is 12.2. The zero-order valence-electron chi connectivity index (χ0n) is 11.7. The van der Waals surface area contributed by atoms with Crippen LogP contribution in [0.1, 0.15) is 39.0 Å². The summed E-state index contributed by atoms with van der Waals surface area (Å²) in [4.78, 5) is 24.9. The zero-order valence-corrected chi connectivity index (χ0v) is 13.3. The lowest BCUT2D eigenvalue weighted by molar-refractivity contribution is -0.142. The minimum Gasteiger partial charge on any atom is -0.481 e. The molecule has 2 amide bonds. The molecule has 1 fully saturated rings. The number of nitrogens with zero attached hydrogens (tertiary/aromatic N) is 1. The maximum Gasteiger partial charge on any atom is 0.317 e. The van der Waals surface area contributed by atoms with Crippen molar-refractivity contribution in [2.45, 2.75) is 45.1 Å². The van der Waals surface area contributed by atoms with E-state index in [0.717, 1.165) is 30.3 Å². The number of urea groups is 1. The van der Waals surface area contributed by atoms with Crippen LogP contribution in [0, 0.1) is 5.92 Å². The monoisotopic (exact) mass is 344 g/mol. The first-order valence-electron chi connectivity index (χ1n) is 7.09. The Hall–Kier alpha value is -1.04. The lowest BCUT2D eigenvalue weighted by Crippen LogP contribution is -2.48. The molecule has 0 radical (unpaired) electrons. The largest absolute Gasteiger partial charge is 0.481 e. The molecule has 2 N–H and O–H groups in total. The fraction of sp³-hybridized carbons (Fsp3) is 0.714. The van der Waals surface area contributed by atoms with Gasteiger partial charge in [-0.2, -0.15) is 0 Å². The second-order valence-electron chi connectivity index (χ2n) is 5.69. The third-order valence-corrected chi connectivity index (χ3v) is 5.17. The topological polar surface area (TPSA) is 69.6 Å². The summed E-state index contributed by atoms with van der Waals surface area (Å²) in [5, 5.41) is 12.0. The summed E-state index contributed by atoms with van der Waals surface area (Å²) in [5.41, 5.74) is 1.30. The Morgan fingerprint density at radius 2 is 1.95 bits per heavy atom. The van der Waals surface area contributed by atoms with Gasteiger partial charge in [0.1, 0.15) is 0 Å². The molecule has 0 saturated heterocycles. The van der Waals surface area contributed by atoms with E-state index in [0.29, 0.717) is 19.4 Å². The lowest BCUT2D eigenvalue weighted by Gasteiger charge is -2.32. The van der Waals surface area contributed by atoms with Crippen molar-refractivity contribution in [2.75, 3.05) is 13.1 Å². The van der Waals surface area contributed by atoms with Crippen molar-refractivity contribution in [3.63, 3.8) is 0 Å².